The van der Waals surface area contributed by atoms with Crippen LogP contribution >= 0.6 is 22.6 Å². The van der Waals surface area contributed by atoms with E-state index in [-0.39, 0.29) is 41.4 Å². The summed E-state index contributed by atoms with van der Waals surface area (Å²) in [4.78, 5) is 49.4. The number of pyridine rings is 1. The van der Waals surface area contributed by atoms with Gasteiger partial charge in [0.25, 0.3) is 11.8 Å². The number of alkyl halides is 1. The lowest BCUT2D eigenvalue weighted by molar-refractivity contribution is -0.117. The third-order valence-corrected chi connectivity index (χ3v) is 12.9. The van der Waals surface area contributed by atoms with Gasteiger partial charge in [-0.15, -0.1) is 10.2 Å². The summed E-state index contributed by atoms with van der Waals surface area (Å²) in [6.07, 6.45) is 8.36. The number of carbonyl (C=O) groups is 3. The van der Waals surface area contributed by atoms with Crippen molar-refractivity contribution in [1.82, 2.24) is 40.1 Å². The normalized spacial score (nSPS) is 19.8. The first-order valence-corrected chi connectivity index (χ1v) is 19.9. The second-order valence-corrected chi connectivity index (χ2v) is 16.9. The van der Waals surface area contributed by atoms with E-state index in [9.17, 15) is 14.4 Å². The van der Waals surface area contributed by atoms with Crippen LogP contribution in [0.15, 0.2) is 48.7 Å². The van der Waals surface area contributed by atoms with Gasteiger partial charge in [0.15, 0.2) is 11.5 Å². The molecule has 3 amide bonds. The van der Waals surface area contributed by atoms with Crippen LogP contribution in [0.5, 0.6) is 0 Å². The molecule has 2 aliphatic heterocycles. The topological polar surface area (TPSA) is 154 Å². The molecule has 1 saturated heterocycles. The highest BCUT2D eigenvalue weighted by molar-refractivity contribution is 14.1. The minimum absolute atomic E-state index is 0.00514. The Labute approximate surface area is 328 Å². The second kappa shape index (κ2) is 14.5. The molecule has 4 aromatic rings. The molecule has 4 aliphatic rings. The van der Waals surface area contributed by atoms with Gasteiger partial charge in [-0.2, -0.15) is 5.10 Å². The first-order chi connectivity index (χ1) is 26.0. The molecule has 2 saturated carbocycles. The fourth-order valence-corrected chi connectivity index (χ4v) is 8.34. The van der Waals surface area contributed by atoms with E-state index in [0.717, 1.165) is 86.2 Å². The van der Waals surface area contributed by atoms with E-state index in [1.807, 2.05) is 30.5 Å². The van der Waals surface area contributed by atoms with Crippen LogP contribution in [0.25, 0.3) is 11.1 Å². The summed E-state index contributed by atoms with van der Waals surface area (Å²) in [5, 5.41) is 23.1. The number of hydrogen-bond donors (Lipinski definition) is 3. The number of halogens is 1. The number of likely N-dealkylation sites (tertiary alicyclic amines) is 1. The Morgan fingerprint density at radius 1 is 0.963 bits per heavy atom. The highest BCUT2D eigenvalue weighted by Gasteiger charge is 2.45. The Hall–Kier alpha value is -4.64. The lowest BCUT2D eigenvalue weighted by Gasteiger charge is -2.45. The SMILES string of the molecule is CC[C@@]1(I)c2c(cnn2C2CCN(Cc3cccc(C(=O)N(C)C)n3)CC2)-c2cccc(Nc3cc(NC(=O)C4CC4)nnc3C(=O)NC3CC3)c2N1C. The van der Waals surface area contributed by atoms with Crippen molar-refractivity contribution in [2.24, 2.45) is 5.92 Å². The maximum absolute atomic E-state index is 13.4. The maximum Gasteiger partial charge on any atom is 0.274 e. The van der Waals surface area contributed by atoms with Crippen molar-refractivity contribution in [2.45, 2.75) is 74.0 Å². The number of para-hydroxylation sites is 1. The molecule has 3 N–H and O–H groups in total. The predicted molar refractivity (Wildman–Crippen MR) is 215 cm³/mol. The summed E-state index contributed by atoms with van der Waals surface area (Å²) in [5.41, 5.74) is 7.16. The molecule has 0 bridgehead atoms. The second-order valence-electron chi connectivity index (χ2n) is 15.1. The molecule has 3 fully saturated rings. The fourth-order valence-electron chi connectivity index (χ4n) is 7.56. The Kier molecular flexibility index (Phi) is 9.79. The number of rotatable bonds is 11. The third-order valence-electron chi connectivity index (χ3n) is 10.9. The van der Waals surface area contributed by atoms with Gasteiger partial charge in [-0.05, 0) is 85.7 Å². The molecule has 14 nitrogen and oxygen atoms in total. The number of carbonyl (C=O) groups excluding carboxylic acids is 3. The number of fused-ring (bicyclic) bond motifs is 3. The summed E-state index contributed by atoms with van der Waals surface area (Å²) in [7, 11) is 5.61. The van der Waals surface area contributed by atoms with Crippen molar-refractivity contribution in [3.05, 3.63) is 71.4 Å². The average molecular weight is 844 g/mol. The summed E-state index contributed by atoms with van der Waals surface area (Å²) < 4.78 is 1.85. The van der Waals surface area contributed by atoms with E-state index in [0.29, 0.717) is 23.7 Å². The lowest BCUT2D eigenvalue weighted by Crippen LogP contribution is -2.44. The molecule has 0 unspecified atom stereocenters. The Morgan fingerprint density at radius 2 is 1.72 bits per heavy atom. The van der Waals surface area contributed by atoms with Gasteiger partial charge in [-0.1, -0.05) is 25.1 Å². The van der Waals surface area contributed by atoms with E-state index in [2.05, 4.69) is 88.2 Å². The molecule has 282 valence electrons. The van der Waals surface area contributed by atoms with Crippen molar-refractivity contribution >= 4 is 63.2 Å². The number of aromatic nitrogens is 5. The fraction of sp³-hybridized carbons (Fsp3) is 0.462. The van der Waals surface area contributed by atoms with Gasteiger partial charge in [-0.25, -0.2) is 4.98 Å². The van der Waals surface area contributed by atoms with Crippen LogP contribution in [-0.2, 0) is 14.9 Å². The van der Waals surface area contributed by atoms with Gasteiger partial charge in [0.1, 0.15) is 9.24 Å². The van der Waals surface area contributed by atoms with Crippen LogP contribution < -0.4 is 20.9 Å². The number of amides is 3. The van der Waals surface area contributed by atoms with Crippen LogP contribution in [0, 0.1) is 5.92 Å². The van der Waals surface area contributed by atoms with E-state index in [4.69, 9.17) is 5.10 Å². The summed E-state index contributed by atoms with van der Waals surface area (Å²) >= 11 is 2.59. The molecular formula is C39H46IN11O3. The molecular weight excluding hydrogens is 797 g/mol. The standard InChI is InChI=1S/C39H46IN11O3/c1-5-39(40)35-28(21-41-51(35)26-16-18-50(19-17-26)22-25-8-6-11-30(42-25)38(54)48(2)3)27-9-7-10-29(34(27)49(39)4)44-31-20-32(45-36(52)23-12-13-23)46-47-33(31)37(53)43-24-14-15-24/h6-11,20-21,23-24,26H,5,12-19,22H2,1-4H3,(H,43,53)(H2,44,45,46,52)/t39-/m0/s1. The van der Waals surface area contributed by atoms with Gasteiger partial charge in [-0.3, -0.25) is 24.0 Å². The number of nitrogens with one attached hydrogen (secondary N) is 3. The smallest absolute Gasteiger partial charge is 0.274 e. The van der Waals surface area contributed by atoms with Crippen molar-refractivity contribution in [2.75, 3.05) is 49.8 Å². The Morgan fingerprint density at radius 3 is 2.43 bits per heavy atom. The van der Waals surface area contributed by atoms with Crippen LogP contribution in [0.3, 0.4) is 0 Å². The molecule has 15 heteroatoms. The largest absolute Gasteiger partial charge is 0.353 e. The number of nitrogens with zero attached hydrogens (tertiary/aromatic N) is 8. The number of hydrogen-bond acceptors (Lipinski definition) is 10. The molecule has 5 heterocycles. The van der Waals surface area contributed by atoms with Crippen LogP contribution in [0.4, 0.5) is 22.9 Å². The summed E-state index contributed by atoms with van der Waals surface area (Å²) in [6, 6.07) is 13.9. The minimum Gasteiger partial charge on any atom is -0.353 e. The van der Waals surface area contributed by atoms with E-state index < -0.39 is 3.55 Å². The molecule has 0 spiro atoms. The molecule has 3 aromatic heterocycles. The zero-order chi connectivity index (χ0) is 37.7. The van der Waals surface area contributed by atoms with Crippen LogP contribution in [-0.4, -0.2) is 92.8 Å². The Bertz CT molecular complexity index is 2100. The molecule has 1 atom stereocenters. The van der Waals surface area contributed by atoms with Crippen LogP contribution in [0.2, 0.25) is 0 Å². The molecule has 2 aliphatic carbocycles. The zero-order valence-corrected chi connectivity index (χ0v) is 33.3. The van der Waals surface area contributed by atoms with Gasteiger partial charge in [0, 0.05) is 69.9 Å². The highest BCUT2D eigenvalue weighted by Crippen LogP contribution is 2.55. The first-order valence-electron chi connectivity index (χ1n) is 18.8. The van der Waals surface area contributed by atoms with Crippen LogP contribution in [0.1, 0.15) is 90.3 Å². The highest BCUT2D eigenvalue weighted by atomic mass is 127. The molecule has 8 rings (SSSR count). The molecule has 1 aromatic carbocycles. The van der Waals surface area contributed by atoms with Crippen molar-refractivity contribution in [3.8, 4) is 11.1 Å². The minimum atomic E-state index is -0.416. The Balaban J connectivity index is 1.06. The summed E-state index contributed by atoms with van der Waals surface area (Å²) in [6.45, 7) is 4.69. The number of anilines is 4. The molecule has 0 radical (unpaired) electrons. The number of piperidine rings is 1. The third kappa shape index (κ3) is 7.03. The van der Waals surface area contributed by atoms with Gasteiger partial charge < -0.3 is 25.8 Å². The number of benzene rings is 1. The molecule has 54 heavy (non-hydrogen) atoms. The predicted octanol–water partition coefficient (Wildman–Crippen LogP) is 5.71. The quantitative estimate of drug-likeness (QED) is 0.0974. The van der Waals surface area contributed by atoms with E-state index in [1.54, 1.807) is 31.1 Å². The van der Waals surface area contributed by atoms with Gasteiger partial charge in [0.2, 0.25) is 5.91 Å². The van der Waals surface area contributed by atoms with E-state index >= 15 is 0 Å². The van der Waals surface area contributed by atoms with Crippen molar-refractivity contribution in [1.29, 1.82) is 0 Å². The summed E-state index contributed by atoms with van der Waals surface area (Å²) in [5.74, 6) is -0.140. The van der Waals surface area contributed by atoms with Gasteiger partial charge >= 0.3 is 0 Å². The maximum atomic E-state index is 13.4. The van der Waals surface area contributed by atoms with Gasteiger partial charge in [0.05, 0.1) is 40.7 Å². The average Bonchev–Trinajstić information content (AvgIpc) is 4.12. The zero-order valence-electron chi connectivity index (χ0n) is 31.1. The van der Waals surface area contributed by atoms with Crippen molar-refractivity contribution < 1.29 is 14.4 Å². The first kappa shape index (κ1) is 36.3. The van der Waals surface area contributed by atoms with Crippen molar-refractivity contribution in [3.63, 3.8) is 0 Å². The monoisotopic (exact) mass is 843 g/mol. The van der Waals surface area contributed by atoms with E-state index in [1.165, 1.54) is 5.69 Å². The lowest BCUT2D eigenvalue weighted by atomic mass is 9.91.